The number of ether oxygens (including phenoxy) is 1. The van der Waals surface area contributed by atoms with Crippen LogP contribution in [0.25, 0.3) is 0 Å². The van der Waals surface area contributed by atoms with Gasteiger partial charge < -0.3 is 10.1 Å². The minimum atomic E-state index is -0.540. The third-order valence-corrected chi connectivity index (χ3v) is 3.27. The fourth-order valence-corrected chi connectivity index (χ4v) is 2.21. The summed E-state index contributed by atoms with van der Waals surface area (Å²) < 4.78 is 33.2. The van der Waals surface area contributed by atoms with Crippen molar-refractivity contribution in [2.24, 2.45) is 0 Å². The first kappa shape index (κ1) is 14.5. The lowest BCUT2D eigenvalue weighted by atomic mass is 9.97. The van der Waals surface area contributed by atoms with Gasteiger partial charge in [0.05, 0.1) is 13.2 Å². The third kappa shape index (κ3) is 2.80. The molecule has 0 aromatic heterocycles. The van der Waals surface area contributed by atoms with E-state index in [4.69, 9.17) is 4.74 Å². The normalized spacial score (nSPS) is 12.2. The molecule has 2 rings (SSSR count). The Labute approximate surface area is 117 Å². The summed E-state index contributed by atoms with van der Waals surface area (Å²) in [5, 5.41) is 2.95. The second-order valence-corrected chi connectivity index (χ2v) is 4.63. The molecule has 20 heavy (non-hydrogen) atoms. The maximum atomic E-state index is 14.1. The Kier molecular flexibility index (Phi) is 4.35. The van der Waals surface area contributed by atoms with Gasteiger partial charge in [-0.1, -0.05) is 18.2 Å². The highest BCUT2D eigenvalue weighted by Crippen LogP contribution is 2.28. The van der Waals surface area contributed by atoms with Gasteiger partial charge in [0.15, 0.2) is 0 Å². The highest BCUT2D eigenvalue weighted by molar-refractivity contribution is 5.38. The zero-order chi connectivity index (χ0) is 14.7. The Hall–Kier alpha value is -1.94. The van der Waals surface area contributed by atoms with Gasteiger partial charge in [-0.05, 0) is 31.7 Å². The predicted molar refractivity (Wildman–Crippen MR) is 75.0 cm³/mol. The van der Waals surface area contributed by atoms with E-state index in [1.165, 1.54) is 19.2 Å². The number of methoxy groups -OCH3 is 1. The SMILES string of the molecule is CNC(c1ccc(C)cc1F)c1ccc(OC)cc1F. The van der Waals surface area contributed by atoms with Crippen LogP contribution in [0.15, 0.2) is 36.4 Å². The van der Waals surface area contributed by atoms with Crippen molar-refractivity contribution in [1.82, 2.24) is 5.32 Å². The zero-order valence-corrected chi connectivity index (χ0v) is 11.7. The largest absolute Gasteiger partial charge is 0.497 e. The van der Waals surface area contributed by atoms with Crippen LogP contribution in [0.1, 0.15) is 22.7 Å². The number of hydrogen-bond donors (Lipinski definition) is 1. The molecule has 0 saturated carbocycles. The molecule has 0 fully saturated rings. The van der Waals surface area contributed by atoms with E-state index in [1.54, 1.807) is 25.2 Å². The van der Waals surface area contributed by atoms with Crippen molar-refractivity contribution in [3.05, 3.63) is 64.7 Å². The van der Waals surface area contributed by atoms with Gasteiger partial charge >= 0.3 is 0 Å². The Morgan fingerprint density at radius 1 is 1.00 bits per heavy atom. The summed E-state index contributed by atoms with van der Waals surface area (Å²) in [6.45, 7) is 1.81. The molecule has 0 aliphatic rings. The van der Waals surface area contributed by atoms with Crippen LogP contribution >= 0.6 is 0 Å². The lowest BCUT2D eigenvalue weighted by Gasteiger charge is -2.19. The molecule has 0 amide bonds. The molecule has 2 nitrogen and oxygen atoms in total. The molecular formula is C16H17F2NO. The van der Waals surface area contributed by atoms with Gasteiger partial charge in [0.25, 0.3) is 0 Å². The van der Waals surface area contributed by atoms with Crippen molar-refractivity contribution < 1.29 is 13.5 Å². The van der Waals surface area contributed by atoms with Crippen molar-refractivity contribution in [3.63, 3.8) is 0 Å². The summed E-state index contributed by atoms with van der Waals surface area (Å²) in [5.74, 6) is -0.339. The second kappa shape index (κ2) is 6.01. The summed E-state index contributed by atoms with van der Waals surface area (Å²) in [6, 6.07) is 8.96. The fourth-order valence-electron chi connectivity index (χ4n) is 2.21. The second-order valence-electron chi connectivity index (χ2n) is 4.63. The minimum absolute atomic E-state index is 0.348. The Bertz CT molecular complexity index is 613. The quantitative estimate of drug-likeness (QED) is 0.922. The van der Waals surface area contributed by atoms with E-state index in [2.05, 4.69) is 5.32 Å². The third-order valence-electron chi connectivity index (χ3n) is 3.27. The van der Waals surface area contributed by atoms with Crippen LogP contribution in [0.3, 0.4) is 0 Å². The van der Waals surface area contributed by atoms with Gasteiger partial charge in [0.1, 0.15) is 17.4 Å². The Morgan fingerprint density at radius 3 is 2.10 bits per heavy atom. The molecule has 0 spiro atoms. The molecule has 0 saturated heterocycles. The molecule has 1 atom stereocenters. The van der Waals surface area contributed by atoms with Crippen LogP contribution in [0, 0.1) is 18.6 Å². The lowest BCUT2D eigenvalue weighted by Crippen LogP contribution is -2.20. The molecule has 2 aromatic carbocycles. The molecule has 0 aliphatic carbocycles. The summed E-state index contributed by atoms with van der Waals surface area (Å²) in [4.78, 5) is 0. The number of rotatable bonds is 4. The molecule has 1 N–H and O–H groups in total. The lowest BCUT2D eigenvalue weighted by molar-refractivity contribution is 0.410. The van der Waals surface area contributed by atoms with Crippen molar-refractivity contribution >= 4 is 0 Å². The van der Waals surface area contributed by atoms with E-state index in [1.807, 2.05) is 13.0 Å². The molecule has 106 valence electrons. The van der Waals surface area contributed by atoms with Crippen LogP contribution in [-0.4, -0.2) is 14.2 Å². The molecule has 0 bridgehead atoms. The van der Waals surface area contributed by atoms with E-state index < -0.39 is 11.9 Å². The number of halogens is 2. The smallest absolute Gasteiger partial charge is 0.132 e. The van der Waals surface area contributed by atoms with Gasteiger partial charge in [0.2, 0.25) is 0 Å². The van der Waals surface area contributed by atoms with E-state index in [0.29, 0.717) is 16.9 Å². The highest BCUT2D eigenvalue weighted by Gasteiger charge is 2.19. The van der Waals surface area contributed by atoms with E-state index in [9.17, 15) is 8.78 Å². The molecule has 2 aromatic rings. The van der Waals surface area contributed by atoms with E-state index in [0.717, 1.165) is 5.56 Å². The first-order chi connectivity index (χ1) is 9.56. The van der Waals surface area contributed by atoms with Crippen molar-refractivity contribution in [2.75, 3.05) is 14.2 Å². The topological polar surface area (TPSA) is 21.3 Å². The molecule has 0 aliphatic heterocycles. The van der Waals surface area contributed by atoms with Crippen molar-refractivity contribution in [2.45, 2.75) is 13.0 Å². The van der Waals surface area contributed by atoms with Gasteiger partial charge in [-0.3, -0.25) is 0 Å². The molecule has 0 radical (unpaired) electrons. The first-order valence-electron chi connectivity index (χ1n) is 6.33. The van der Waals surface area contributed by atoms with Crippen molar-refractivity contribution in [3.8, 4) is 5.75 Å². The number of benzene rings is 2. The minimum Gasteiger partial charge on any atom is -0.497 e. The Balaban J connectivity index is 2.47. The monoisotopic (exact) mass is 277 g/mol. The van der Waals surface area contributed by atoms with Crippen LogP contribution in [-0.2, 0) is 0 Å². The molecule has 0 heterocycles. The van der Waals surface area contributed by atoms with E-state index in [-0.39, 0.29) is 5.82 Å². The number of aryl methyl sites for hydroxylation is 1. The van der Waals surface area contributed by atoms with E-state index >= 15 is 0 Å². The first-order valence-corrected chi connectivity index (χ1v) is 6.33. The maximum absolute atomic E-state index is 14.1. The zero-order valence-electron chi connectivity index (χ0n) is 11.7. The predicted octanol–water partition coefficient (Wildman–Crippen LogP) is 3.59. The molecular weight excluding hydrogens is 260 g/mol. The van der Waals surface area contributed by atoms with Gasteiger partial charge in [0, 0.05) is 17.2 Å². The summed E-state index contributed by atoms with van der Waals surface area (Å²) >= 11 is 0. The maximum Gasteiger partial charge on any atom is 0.132 e. The number of hydrogen-bond acceptors (Lipinski definition) is 2. The molecule has 1 unspecified atom stereocenters. The van der Waals surface area contributed by atoms with Gasteiger partial charge in [-0.15, -0.1) is 0 Å². The summed E-state index contributed by atoms with van der Waals surface area (Å²) in [7, 11) is 3.15. The van der Waals surface area contributed by atoms with Crippen LogP contribution < -0.4 is 10.1 Å². The average molecular weight is 277 g/mol. The average Bonchev–Trinajstić information content (AvgIpc) is 2.43. The van der Waals surface area contributed by atoms with Crippen molar-refractivity contribution in [1.29, 1.82) is 0 Å². The Morgan fingerprint density at radius 2 is 1.60 bits per heavy atom. The highest BCUT2D eigenvalue weighted by atomic mass is 19.1. The standard InChI is InChI=1S/C16H17F2NO/c1-10-4-6-12(14(17)8-10)16(19-2)13-7-5-11(20-3)9-15(13)18/h4-9,16,19H,1-3H3. The van der Waals surface area contributed by atoms with Crippen LogP contribution in [0.5, 0.6) is 5.75 Å². The van der Waals surface area contributed by atoms with Gasteiger partial charge in [-0.2, -0.15) is 0 Å². The summed E-state index contributed by atoms with van der Waals surface area (Å²) in [6.07, 6.45) is 0. The fraction of sp³-hybridized carbons (Fsp3) is 0.250. The van der Waals surface area contributed by atoms with Crippen LogP contribution in [0.2, 0.25) is 0 Å². The molecule has 4 heteroatoms. The van der Waals surface area contributed by atoms with Gasteiger partial charge in [-0.25, -0.2) is 8.78 Å². The number of nitrogens with one attached hydrogen (secondary N) is 1. The van der Waals surface area contributed by atoms with Crippen LogP contribution in [0.4, 0.5) is 8.78 Å². The summed E-state index contributed by atoms with van der Waals surface area (Å²) in [5.41, 5.74) is 1.63.